The molecule has 2 atom stereocenters. The summed E-state index contributed by atoms with van der Waals surface area (Å²) < 4.78 is 5.06. The quantitative estimate of drug-likeness (QED) is 0.230. The summed E-state index contributed by atoms with van der Waals surface area (Å²) in [5, 5.41) is 2.86. The Bertz CT molecular complexity index is 849. The zero-order chi connectivity index (χ0) is 19.2. The van der Waals surface area contributed by atoms with Gasteiger partial charge in [-0.25, -0.2) is 10.8 Å². The molecule has 7 heteroatoms. The van der Waals surface area contributed by atoms with Gasteiger partial charge < -0.3 is 15.5 Å². The third kappa shape index (κ3) is 4.71. The fourth-order valence-corrected chi connectivity index (χ4v) is 2.93. The molecule has 1 amide bonds. The van der Waals surface area contributed by atoms with Crippen LogP contribution < -0.4 is 16.6 Å². The standard InChI is InChI=1S/C20H22N4O3/c1-2-27-20(26)18-11-17(18)13-6-8-15(9-7-13)24-19(25)14-4-3-5-16(10-14)22-12-23-21/h3-10,12,17-18H,2,11,21H2,1H3,(H,22,23)(H,24,25). The normalized spacial score (nSPS) is 18.1. The van der Waals surface area contributed by atoms with Gasteiger partial charge >= 0.3 is 5.97 Å². The molecule has 27 heavy (non-hydrogen) atoms. The van der Waals surface area contributed by atoms with Crippen LogP contribution in [0.25, 0.3) is 0 Å². The van der Waals surface area contributed by atoms with Gasteiger partial charge in [-0.3, -0.25) is 9.59 Å². The Morgan fingerprint density at radius 3 is 2.74 bits per heavy atom. The summed E-state index contributed by atoms with van der Waals surface area (Å²) in [5.41, 5.74) is 5.21. The minimum Gasteiger partial charge on any atom is -0.466 e. The molecule has 0 radical (unpaired) electrons. The molecule has 1 aliphatic rings. The predicted molar refractivity (Wildman–Crippen MR) is 104 cm³/mol. The number of nitrogens with zero attached hydrogens (tertiary/aromatic N) is 1. The van der Waals surface area contributed by atoms with E-state index in [0.717, 1.165) is 12.0 Å². The largest absolute Gasteiger partial charge is 0.466 e. The Morgan fingerprint density at radius 2 is 2.04 bits per heavy atom. The van der Waals surface area contributed by atoms with Crippen LogP contribution in [-0.4, -0.2) is 24.8 Å². The maximum absolute atomic E-state index is 12.4. The van der Waals surface area contributed by atoms with Crippen molar-refractivity contribution in [3.8, 4) is 0 Å². The number of benzene rings is 2. The number of rotatable bonds is 7. The van der Waals surface area contributed by atoms with Crippen molar-refractivity contribution in [2.45, 2.75) is 19.3 Å². The molecule has 1 aliphatic carbocycles. The third-order valence-electron chi connectivity index (χ3n) is 4.37. The van der Waals surface area contributed by atoms with Gasteiger partial charge in [0.2, 0.25) is 0 Å². The number of aliphatic imine (C=N–C) groups is 1. The average Bonchev–Trinajstić information content (AvgIpc) is 3.48. The number of hydrazine groups is 1. The van der Waals surface area contributed by atoms with E-state index in [1.165, 1.54) is 6.34 Å². The first kappa shape index (κ1) is 18.6. The number of amides is 1. The van der Waals surface area contributed by atoms with Gasteiger partial charge in [0.1, 0.15) is 6.34 Å². The van der Waals surface area contributed by atoms with Gasteiger partial charge in [0.05, 0.1) is 18.2 Å². The number of nitrogens with two attached hydrogens (primary N) is 1. The van der Waals surface area contributed by atoms with Crippen LogP contribution in [0.15, 0.2) is 53.5 Å². The van der Waals surface area contributed by atoms with Crippen LogP contribution in [0.2, 0.25) is 0 Å². The van der Waals surface area contributed by atoms with Gasteiger partial charge in [0, 0.05) is 11.3 Å². The van der Waals surface area contributed by atoms with Crippen molar-refractivity contribution in [2.24, 2.45) is 16.8 Å². The number of carbonyl (C=O) groups is 2. The summed E-state index contributed by atoms with van der Waals surface area (Å²) in [6.07, 6.45) is 2.16. The van der Waals surface area contributed by atoms with Crippen LogP contribution in [0.1, 0.15) is 35.2 Å². The Morgan fingerprint density at radius 1 is 1.26 bits per heavy atom. The second kappa shape index (κ2) is 8.46. The summed E-state index contributed by atoms with van der Waals surface area (Å²) in [5.74, 6) is 4.96. The van der Waals surface area contributed by atoms with Crippen LogP contribution in [0.3, 0.4) is 0 Å². The van der Waals surface area contributed by atoms with Crippen molar-refractivity contribution in [1.82, 2.24) is 5.43 Å². The lowest BCUT2D eigenvalue weighted by Gasteiger charge is -2.07. The number of esters is 1. The molecule has 0 aromatic heterocycles. The van der Waals surface area contributed by atoms with Gasteiger partial charge in [0.15, 0.2) is 0 Å². The van der Waals surface area contributed by atoms with E-state index in [0.29, 0.717) is 23.5 Å². The Hall–Kier alpha value is -3.19. The van der Waals surface area contributed by atoms with Crippen molar-refractivity contribution in [2.75, 3.05) is 11.9 Å². The zero-order valence-electron chi connectivity index (χ0n) is 15.0. The summed E-state index contributed by atoms with van der Waals surface area (Å²) >= 11 is 0. The van der Waals surface area contributed by atoms with E-state index in [-0.39, 0.29) is 23.7 Å². The Kier molecular flexibility index (Phi) is 5.83. The Labute approximate surface area is 157 Å². The molecule has 0 aliphatic heterocycles. The smallest absolute Gasteiger partial charge is 0.309 e. The van der Waals surface area contributed by atoms with Crippen molar-refractivity contribution in [3.63, 3.8) is 0 Å². The van der Waals surface area contributed by atoms with Gasteiger partial charge in [0.25, 0.3) is 5.91 Å². The predicted octanol–water partition coefficient (Wildman–Crippen LogP) is 2.73. The molecule has 0 spiro atoms. The van der Waals surface area contributed by atoms with E-state index in [2.05, 4.69) is 15.7 Å². The number of nitrogens with one attached hydrogen (secondary N) is 2. The lowest BCUT2D eigenvalue weighted by molar-refractivity contribution is -0.144. The topological polar surface area (TPSA) is 106 Å². The summed E-state index contributed by atoms with van der Waals surface area (Å²) in [4.78, 5) is 28.2. The van der Waals surface area contributed by atoms with E-state index in [4.69, 9.17) is 10.6 Å². The van der Waals surface area contributed by atoms with Crippen LogP contribution in [0.5, 0.6) is 0 Å². The molecule has 1 fully saturated rings. The molecule has 7 nitrogen and oxygen atoms in total. The summed E-state index contributed by atoms with van der Waals surface area (Å²) in [6, 6.07) is 14.5. The number of ether oxygens (including phenoxy) is 1. The van der Waals surface area contributed by atoms with Gasteiger partial charge in [-0.2, -0.15) is 0 Å². The highest BCUT2D eigenvalue weighted by molar-refractivity contribution is 6.04. The molecule has 0 bridgehead atoms. The maximum atomic E-state index is 12.4. The first-order chi connectivity index (χ1) is 13.1. The van der Waals surface area contributed by atoms with Crippen molar-refractivity contribution < 1.29 is 14.3 Å². The fraction of sp³-hybridized carbons (Fsp3) is 0.250. The van der Waals surface area contributed by atoms with Gasteiger partial charge in [-0.05, 0) is 55.2 Å². The van der Waals surface area contributed by atoms with Crippen molar-refractivity contribution in [3.05, 3.63) is 59.7 Å². The highest BCUT2D eigenvalue weighted by Gasteiger charge is 2.45. The van der Waals surface area contributed by atoms with Crippen molar-refractivity contribution >= 4 is 29.6 Å². The first-order valence-corrected chi connectivity index (χ1v) is 8.79. The molecule has 4 N–H and O–H groups in total. The molecule has 2 aromatic rings. The number of hydrogen-bond acceptors (Lipinski definition) is 5. The molecule has 2 unspecified atom stereocenters. The lowest BCUT2D eigenvalue weighted by Crippen LogP contribution is -2.18. The first-order valence-electron chi connectivity index (χ1n) is 8.79. The molecular weight excluding hydrogens is 344 g/mol. The monoisotopic (exact) mass is 366 g/mol. The minimum absolute atomic E-state index is 0.0447. The number of carbonyl (C=O) groups excluding carboxylic acids is 2. The van der Waals surface area contributed by atoms with E-state index >= 15 is 0 Å². The molecular formula is C20H22N4O3. The number of anilines is 1. The fourth-order valence-electron chi connectivity index (χ4n) is 2.93. The second-order valence-electron chi connectivity index (χ2n) is 6.25. The van der Waals surface area contributed by atoms with E-state index < -0.39 is 0 Å². The van der Waals surface area contributed by atoms with Crippen LogP contribution in [-0.2, 0) is 9.53 Å². The molecule has 0 heterocycles. The van der Waals surface area contributed by atoms with Gasteiger partial charge in [-0.1, -0.05) is 18.2 Å². The van der Waals surface area contributed by atoms with E-state index in [9.17, 15) is 9.59 Å². The molecule has 3 rings (SSSR count). The van der Waals surface area contributed by atoms with Crippen LogP contribution in [0, 0.1) is 5.92 Å². The van der Waals surface area contributed by atoms with Crippen LogP contribution >= 0.6 is 0 Å². The van der Waals surface area contributed by atoms with Gasteiger partial charge in [-0.15, -0.1) is 0 Å². The lowest BCUT2D eigenvalue weighted by atomic mass is 10.1. The maximum Gasteiger partial charge on any atom is 0.309 e. The third-order valence-corrected chi connectivity index (χ3v) is 4.37. The Balaban J connectivity index is 1.61. The van der Waals surface area contributed by atoms with E-state index in [1.54, 1.807) is 24.3 Å². The highest BCUT2D eigenvalue weighted by Crippen LogP contribution is 2.48. The highest BCUT2D eigenvalue weighted by atomic mass is 16.5. The number of hydrogen-bond donors (Lipinski definition) is 3. The van der Waals surface area contributed by atoms with Crippen LogP contribution in [0.4, 0.5) is 11.4 Å². The zero-order valence-corrected chi connectivity index (χ0v) is 15.0. The minimum atomic E-state index is -0.226. The van der Waals surface area contributed by atoms with E-state index in [1.807, 2.05) is 31.2 Å². The molecule has 2 aromatic carbocycles. The average molecular weight is 366 g/mol. The summed E-state index contributed by atoms with van der Waals surface area (Å²) in [7, 11) is 0. The second-order valence-corrected chi connectivity index (χ2v) is 6.25. The molecule has 1 saturated carbocycles. The summed E-state index contributed by atoms with van der Waals surface area (Å²) in [6.45, 7) is 2.21. The SMILES string of the molecule is CCOC(=O)C1CC1c1ccc(NC(=O)c2cccc(N=CNN)c2)cc1. The molecule has 140 valence electrons. The van der Waals surface area contributed by atoms with Crippen molar-refractivity contribution in [1.29, 1.82) is 0 Å². The molecule has 0 saturated heterocycles.